The van der Waals surface area contributed by atoms with Crippen molar-refractivity contribution in [1.29, 1.82) is 0 Å². The Kier molecular flexibility index (Phi) is 14.0. The molecular formula is C44H53N3O9. The van der Waals surface area contributed by atoms with Gasteiger partial charge in [-0.05, 0) is 60.9 Å². The van der Waals surface area contributed by atoms with E-state index in [0.29, 0.717) is 65.4 Å². The molecule has 2 unspecified atom stereocenters. The average molecular weight is 768 g/mol. The summed E-state index contributed by atoms with van der Waals surface area (Å²) in [6, 6.07) is 22.9. The third-order valence-corrected chi connectivity index (χ3v) is 10.0. The normalized spacial score (nSPS) is 15.7. The number of benzene rings is 4. The first-order valence-electron chi connectivity index (χ1n) is 19.3. The van der Waals surface area contributed by atoms with Crippen LogP contribution >= 0.6 is 0 Å². The van der Waals surface area contributed by atoms with Gasteiger partial charge in [-0.3, -0.25) is 4.79 Å². The summed E-state index contributed by atoms with van der Waals surface area (Å²) in [5.74, 6) is 4.25. The number of hydrogen-bond donors (Lipinski definition) is 2. The maximum atomic E-state index is 12.6. The molecule has 6 rings (SSSR count). The van der Waals surface area contributed by atoms with Gasteiger partial charge >= 0.3 is 0 Å². The summed E-state index contributed by atoms with van der Waals surface area (Å²) in [6.45, 7) is 1.23. The number of oxime groups is 1. The SMILES string of the molecule is COc1cc(C2NC(=O)c3ccccc3N2)ccc1OCCCCCCCCCCOc1cccc(C2CC(c3cc(OC)c(OC)c(OC)c3)=NO2)c1OC. The highest BCUT2D eigenvalue weighted by molar-refractivity contribution is 6.02. The minimum Gasteiger partial charge on any atom is -0.493 e. The number of fused-ring (bicyclic) bond motifs is 1. The van der Waals surface area contributed by atoms with Gasteiger partial charge in [0.15, 0.2) is 40.6 Å². The molecule has 0 spiro atoms. The van der Waals surface area contributed by atoms with Gasteiger partial charge < -0.3 is 48.6 Å². The van der Waals surface area contributed by atoms with Crippen LogP contribution in [0.3, 0.4) is 0 Å². The molecule has 12 nitrogen and oxygen atoms in total. The molecule has 0 aromatic heterocycles. The molecule has 0 radical (unpaired) electrons. The van der Waals surface area contributed by atoms with Crippen LogP contribution < -0.4 is 43.8 Å². The number of ether oxygens (including phenoxy) is 7. The molecule has 4 aromatic rings. The molecule has 0 aliphatic carbocycles. The average Bonchev–Trinajstić information content (AvgIpc) is 3.73. The number of amides is 1. The summed E-state index contributed by atoms with van der Waals surface area (Å²) in [6.07, 6.45) is 8.75. The summed E-state index contributed by atoms with van der Waals surface area (Å²) in [4.78, 5) is 18.5. The first-order chi connectivity index (χ1) is 27.5. The fourth-order valence-electron chi connectivity index (χ4n) is 7.07. The number of carbonyl (C=O) groups excluding carboxylic acids is 1. The van der Waals surface area contributed by atoms with Crippen molar-refractivity contribution in [2.24, 2.45) is 5.16 Å². The largest absolute Gasteiger partial charge is 0.493 e. The van der Waals surface area contributed by atoms with Gasteiger partial charge in [0.05, 0.1) is 60.0 Å². The molecule has 1 amide bonds. The van der Waals surface area contributed by atoms with E-state index in [2.05, 4.69) is 15.8 Å². The van der Waals surface area contributed by atoms with Gasteiger partial charge in [-0.1, -0.05) is 74.0 Å². The monoisotopic (exact) mass is 767 g/mol. The van der Waals surface area contributed by atoms with E-state index in [1.807, 2.05) is 72.8 Å². The molecule has 12 heteroatoms. The van der Waals surface area contributed by atoms with E-state index in [0.717, 1.165) is 53.8 Å². The van der Waals surface area contributed by atoms with Crippen LogP contribution in [0.2, 0.25) is 0 Å². The Labute approximate surface area is 329 Å². The summed E-state index contributed by atoms with van der Waals surface area (Å²) in [5, 5.41) is 10.8. The van der Waals surface area contributed by atoms with Crippen LogP contribution in [0.15, 0.2) is 78.0 Å². The molecule has 2 N–H and O–H groups in total. The number of carbonyl (C=O) groups is 1. The minimum atomic E-state index is -0.347. The van der Waals surface area contributed by atoms with Gasteiger partial charge in [-0.2, -0.15) is 0 Å². The van der Waals surface area contributed by atoms with Crippen LogP contribution in [0.5, 0.6) is 40.2 Å². The van der Waals surface area contributed by atoms with E-state index >= 15 is 0 Å². The van der Waals surface area contributed by atoms with Gasteiger partial charge in [0, 0.05) is 23.2 Å². The zero-order valence-corrected chi connectivity index (χ0v) is 33.0. The number of nitrogens with one attached hydrogen (secondary N) is 2. The fraction of sp³-hybridized carbons (Fsp3) is 0.409. The topological polar surface area (TPSA) is 127 Å². The van der Waals surface area contributed by atoms with Crippen molar-refractivity contribution in [1.82, 2.24) is 5.32 Å². The number of rotatable bonds is 21. The van der Waals surface area contributed by atoms with Crippen LogP contribution in [0, 0.1) is 0 Å². The highest BCUT2D eigenvalue weighted by Crippen LogP contribution is 2.43. The molecule has 2 aliphatic rings. The van der Waals surface area contributed by atoms with Crippen molar-refractivity contribution in [3.63, 3.8) is 0 Å². The van der Waals surface area contributed by atoms with Crippen molar-refractivity contribution < 1.29 is 42.8 Å². The maximum Gasteiger partial charge on any atom is 0.255 e. The van der Waals surface area contributed by atoms with Gasteiger partial charge in [0.25, 0.3) is 5.91 Å². The lowest BCUT2D eigenvalue weighted by Crippen LogP contribution is -2.38. The number of nitrogens with zero attached hydrogens (tertiary/aromatic N) is 1. The van der Waals surface area contributed by atoms with Gasteiger partial charge in [-0.15, -0.1) is 0 Å². The van der Waals surface area contributed by atoms with Gasteiger partial charge in [0.1, 0.15) is 6.17 Å². The van der Waals surface area contributed by atoms with E-state index in [9.17, 15) is 4.79 Å². The molecule has 0 fully saturated rings. The number of methoxy groups -OCH3 is 5. The van der Waals surface area contributed by atoms with Crippen molar-refractivity contribution in [3.05, 3.63) is 95.1 Å². The number of para-hydroxylation sites is 2. The number of unbranched alkanes of at least 4 members (excludes halogenated alkanes) is 7. The lowest BCUT2D eigenvalue weighted by Gasteiger charge is -2.28. The molecule has 298 valence electrons. The van der Waals surface area contributed by atoms with E-state index in [1.54, 1.807) is 35.5 Å². The molecular weight excluding hydrogens is 714 g/mol. The fourth-order valence-corrected chi connectivity index (χ4v) is 7.07. The molecule has 56 heavy (non-hydrogen) atoms. The van der Waals surface area contributed by atoms with Crippen molar-refractivity contribution >= 4 is 17.3 Å². The molecule has 2 aliphatic heterocycles. The lowest BCUT2D eigenvalue weighted by atomic mass is 9.98. The van der Waals surface area contributed by atoms with E-state index in [-0.39, 0.29) is 18.2 Å². The van der Waals surface area contributed by atoms with Crippen molar-refractivity contribution in [2.45, 2.75) is 70.1 Å². The Morgan fingerprint density at radius 3 is 1.93 bits per heavy atom. The van der Waals surface area contributed by atoms with Crippen LogP contribution in [-0.2, 0) is 4.84 Å². The number of anilines is 1. The van der Waals surface area contributed by atoms with E-state index < -0.39 is 0 Å². The highest BCUT2D eigenvalue weighted by atomic mass is 16.6. The van der Waals surface area contributed by atoms with Crippen molar-refractivity contribution in [3.8, 4) is 40.2 Å². The molecule has 0 saturated carbocycles. The summed E-state index contributed by atoms with van der Waals surface area (Å²) < 4.78 is 40.2. The van der Waals surface area contributed by atoms with E-state index in [4.69, 9.17) is 38.0 Å². The Hall–Kier alpha value is -5.78. The van der Waals surface area contributed by atoms with Gasteiger partial charge in [-0.25, -0.2) is 0 Å². The van der Waals surface area contributed by atoms with Crippen LogP contribution in [0.1, 0.15) is 97.1 Å². The first kappa shape index (κ1) is 39.9. The Balaban J connectivity index is 0.861. The second kappa shape index (κ2) is 19.7. The quantitative estimate of drug-likeness (QED) is 0.0793. The summed E-state index contributed by atoms with van der Waals surface area (Å²) in [5.41, 5.74) is 4.83. The Bertz CT molecular complexity index is 1940. The second-order valence-electron chi connectivity index (χ2n) is 13.7. The minimum absolute atomic E-state index is 0.103. The third-order valence-electron chi connectivity index (χ3n) is 10.0. The Morgan fingerprint density at radius 2 is 1.27 bits per heavy atom. The molecule has 0 saturated heterocycles. The van der Waals surface area contributed by atoms with Crippen molar-refractivity contribution in [2.75, 3.05) is 54.1 Å². The molecule has 4 aromatic carbocycles. The molecule has 2 atom stereocenters. The standard InChI is InChI=1S/C44H53N3O9/c1-49-38-25-29(43-45-33-19-13-12-17-31(33)44(48)46-43)21-22-35(38)54-23-14-10-8-6-7-9-11-15-24-55-36-20-16-18-32(41(36)52-4)37-28-34(47-56-37)30-26-39(50-2)42(53-5)40(27-30)51-3/h12-13,16-22,25-27,37,43,45H,6-11,14-15,23-24,28H2,1-5H3,(H,46,48). The lowest BCUT2D eigenvalue weighted by molar-refractivity contribution is 0.0832. The zero-order chi connectivity index (χ0) is 39.3. The molecule has 2 heterocycles. The predicted molar refractivity (Wildman–Crippen MR) is 215 cm³/mol. The third kappa shape index (κ3) is 9.53. The Morgan fingerprint density at radius 1 is 0.625 bits per heavy atom. The zero-order valence-electron chi connectivity index (χ0n) is 33.0. The van der Waals surface area contributed by atoms with Gasteiger partial charge in [0.2, 0.25) is 5.75 Å². The smallest absolute Gasteiger partial charge is 0.255 e. The van der Waals surface area contributed by atoms with Crippen LogP contribution in [-0.4, -0.2) is 60.4 Å². The first-order valence-corrected chi connectivity index (χ1v) is 19.3. The predicted octanol–water partition coefficient (Wildman–Crippen LogP) is 9.03. The van der Waals surface area contributed by atoms with Crippen LogP contribution in [0.25, 0.3) is 0 Å². The summed E-state index contributed by atoms with van der Waals surface area (Å²) >= 11 is 0. The summed E-state index contributed by atoms with van der Waals surface area (Å²) in [7, 11) is 8.05. The second-order valence-corrected chi connectivity index (χ2v) is 13.7. The van der Waals surface area contributed by atoms with E-state index in [1.165, 1.54) is 25.7 Å². The number of hydrogen-bond acceptors (Lipinski definition) is 11. The maximum absolute atomic E-state index is 12.6. The highest BCUT2D eigenvalue weighted by Gasteiger charge is 2.30. The molecule has 0 bridgehead atoms. The van der Waals surface area contributed by atoms with Crippen LogP contribution in [0.4, 0.5) is 5.69 Å².